The molecule has 1 saturated heterocycles. The summed E-state index contributed by atoms with van der Waals surface area (Å²) in [5, 5.41) is 0. The molecule has 134 valence electrons. The highest BCUT2D eigenvalue weighted by Crippen LogP contribution is 2.35. The largest absolute Gasteiger partial charge is 0.342 e. The lowest BCUT2D eigenvalue weighted by molar-refractivity contribution is -0.145. The predicted molar refractivity (Wildman–Crippen MR) is 93.4 cm³/mol. The van der Waals surface area contributed by atoms with Gasteiger partial charge in [0.25, 0.3) is 0 Å². The molecule has 3 aliphatic carbocycles. The third kappa shape index (κ3) is 3.34. The first kappa shape index (κ1) is 16.4. The molecule has 4 fully saturated rings. The second-order valence-corrected chi connectivity index (χ2v) is 8.52. The number of piperidine rings is 1. The van der Waals surface area contributed by atoms with E-state index in [0.29, 0.717) is 30.4 Å². The lowest BCUT2D eigenvalue weighted by Gasteiger charge is -2.40. The molecule has 0 aromatic carbocycles. The zero-order valence-electron chi connectivity index (χ0n) is 14.9. The van der Waals surface area contributed by atoms with Gasteiger partial charge >= 0.3 is 0 Å². The van der Waals surface area contributed by atoms with E-state index in [0.717, 1.165) is 32.2 Å². The summed E-state index contributed by atoms with van der Waals surface area (Å²) in [5.74, 6) is 1.03. The van der Waals surface area contributed by atoms with Crippen LogP contribution >= 0.6 is 0 Å². The molecule has 4 rings (SSSR count). The van der Waals surface area contributed by atoms with Crippen molar-refractivity contribution in [3.05, 3.63) is 0 Å². The van der Waals surface area contributed by atoms with Crippen LogP contribution in [0.1, 0.15) is 77.0 Å². The van der Waals surface area contributed by atoms with Crippen molar-refractivity contribution >= 4 is 11.8 Å². The van der Waals surface area contributed by atoms with E-state index < -0.39 is 0 Å². The summed E-state index contributed by atoms with van der Waals surface area (Å²) >= 11 is 0. The van der Waals surface area contributed by atoms with Crippen molar-refractivity contribution in [3.8, 4) is 0 Å². The van der Waals surface area contributed by atoms with Crippen molar-refractivity contribution in [3.63, 3.8) is 0 Å². The SMILES string of the molecule is O=C(C1CC1)N1CCCC(C(=O)N(C2CCCC2)C2CCCC2)C1. The van der Waals surface area contributed by atoms with E-state index in [9.17, 15) is 9.59 Å². The van der Waals surface area contributed by atoms with Crippen LogP contribution in [0, 0.1) is 11.8 Å². The minimum absolute atomic E-state index is 0.0580. The van der Waals surface area contributed by atoms with Crippen LogP contribution < -0.4 is 0 Å². The van der Waals surface area contributed by atoms with E-state index in [1.807, 2.05) is 4.90 Å². The molecule has 0 aromatic rings. The number of carbonyl (C=O) groups is 2. The Morgan fingerprint density at radius 2 is 1.29 bits per heavy atom. The van der Waals surface area contributed by atoms with Gasteiger partial charge in [-0.3, -0.25) is 9.59 Å². The monoisotopic (exact) mass is 332 g/mol. The molecule has 0 bridgehead atoms. The fraction of sp³-hybridized carbons (Fsp3) is 0.900. The van der Waals surface area contributed by atoms with Gasteiger partial charge in [0, 0.05) is 31.1 Å². The molecule has 0 spiro atoms. The van der Waals surface area contributed by atoms with E-state index in [1.165, 1.54) is 51.4 Å². The van der Waals surface area contributed by atoms with E-state index in [4.69, 9.17) is 0 Å². The molecule has 1 heterocycles. The van der Waals surface area contributed by atoms with Gasteiger partial charge < -0.3 is 9.80 Å². The van der Waals surface area contributed by atoms with Crippen LogP contribution in [0.3, 0.4) is 0 Å². The second kappa shape index (κ2) is 7.05. The highest BCUT2D eigenvalue weighted by molar-refractivity contribution is 5.84. The Hall–Kier alpha value is -1.06. The van der Waals surface area contributed by atoms with Crippen molar-refractivity contribution < 1.29 is 9.59 Å². The van der Waals surface area contributed by atoms with Crippen LogP contribution in [0.15, 0.2) is 0 Å². The number of hydrogen-bond acceptors (Lipinski definition) is 2. The number of hydrogen-bond donors (Lipinski definition) is 0. The summed E-state index contributed by atoms with van der Waals surface area (Å²) < 4.78 is 0. The van der Waals surface area contributed by atoms with Gasteiger partial charge in [-0.05, 0) is 51.4 Å². The van der Waals surface area contributed by atoms with Crippen LogP contribution in [0.4, 0.5) is 0 Å². The molecule has 2 amide bonds. The topological polar surface area (TPSA) is 40.6 Å². The molecule has 0 aromatic heterocycles. The Labute approximate surface area is 145 Å². The van der Waals surface area contributed by atoms with Crippen LogP contribution in [0.25, 0.3) is 0 Å². The molecule has 4 aliphatic rings. The third-order valence-electron chi connectivity index (χ3n) is 6.70. The van der Waals surface area contributed by atoms with Gasteiger partial charge in [0.05, 0.1) is 5.92 Å². The maximum Gasteiger partial charge on any atom is 0.227 e. The molecule has 0 radical (unpaired) electrons. The van der Waals surface area contributed by atoms with E-state index in [2.05, 4.69) is 4.90 Å². The minimum atomic E-state index is 0.0580. The summed E-state index contributed by atoms with van der Waals surface area (Å²) in [7, 11) is 0. The van der Waals surface area contributed by atoms with Gasteiger partial charge in [0.2, 0.25) is 11.8 Å². The maximum absolute atomic E-state index is 13.4. The quantitative estimate of drug-likeness (QED) is 0.792. The molecule has 0 N–H and O–H groups in total. The number of nitrogens with zero attached hydrogens (tertiary/aromatic N) is 2. The van der Waals surface area contributed by atoms with Crippen LogP contribution in [0.2, 0.25) is 0 Å². The minimum Gasteiger partial charge on any atom is -0.342 e. The van der Waals surface area contributed by atoms with Gasteiger partial charge in [-0.15, -0.1) is 0 Å². The summed E-state index contributed by atoms with van der Waals surface area (Å²) in [6, 6.07) is 0.963. The molecule has 4 heteroatoms. The molecule has 1 atom stereocenters. The second-order valence-electron chi connectivity index (χ2n) is 8.52. The Bertz CT molecular complexity index is 460. The summed E-state index contributed by atoms with van der Waals surface area (Å²) in [5.41, 5.74) is 0. The van der Waals surface area contributed by atoms with Crippen molar-refractivity contribution in [2.45, 2.75) is 89.1 Å². The fourth-order valence-electron chi connectivity index (χ4n) is 5.20. The zero-order chi connectivity index (χ0) is 16.5. The number of rotatable bonds is 4. The zero-order valence-corrected chi connectivity index (χ0v) is 14.9. The first-order valence-electron chi connectivity index (χ1n) is 10.3. The first-order chi connectivity index (χ1) is 11.7. The van der Waals surface area contributed by atoms with Crippen molar-refractivity contribution in [2.75, 3.05) is 13.1 Å². The van der Waals surface area contributed by atoms with Crippen LogP contribution in [-0.2, 0) is 9.59 Å². The summed E-state index contributed by atoms with van der Waals surface area (Å²) in [4.78, 5) is 30.1. The highest BCUT2D eigenvalue weighted by Gasteiger charge is 2.41. The van der Waals surface area contributed by atoms with Crippen LogP contribution in [-0.4, -0.2) is 46.8 Å². The highest BCUT2D eigenvalue weighted by atomic mass is 16.2. The van der Waals surface area contributed by atoms with Crippen LogP contribution in [0.5, 0.6) is 0 Å². The first-order valence-corrected chi connectivity index (χ1v) is 10.3. The Kier molecular flexibility index (Phi) is 4.82. The average molecular weight is 332 g/mol. The van der Waals surface area contributed by atoms with Crippen molar-refractivity contribution in [1.29, 1.82) is 0 Å². The van der Waals surface area contributed by atoms with Crippen molar-refractivity contribution in [2.24, 2.45) is 11.8 Å². The lowest BCUT2D eigenvalue weighted by Crippen LogP contribution is -2.52. The molecule has 24 heavy (non-hydrogen) atoms. The third-order valence-corrected chi connectivity index (χ3v) is 6.70. The van der Waals surface area contributed by atoms with E-state index in [-0.39, 0.29) is 11.8 Å². The Morgan fingerprint density at radius 1 is 0.708 bits per heavy atom. The Balaban J connectivity index is 1.45. The molecule has 3 saturated carbocycles. The molecular weight excluding hydrogens is 300 g/mol. The normalized spacial score (nSPS) is 29.2. The molecule has 1 aliphatic heterocycles. The average Bonchev–Trinajstić information content (AvgIpc) is 3.08. The van der Waals surface area contributed by atoms with Gasteiger partial charge in [-0.1, -0.05) is 25.7 Å². The van der Waals surface area contributed by atoms with E-state index >= 15 is 0 Å². The molecule has 4 nitrogen and oxygen atoms in total. The smallest absolute Gasteiger partial charge is 0.227 e. The predicted octanol–water partition coefficient (Wildman–Crippen LogP) is 3.35. The fourth-order valence-corrected chi connectivity index (χ4v) is 5.20. The van der Waals surface area contributed by atoms with Gasteiger partial charge in [-0.2, -0.15) is 0 Å². The van der Waals surface area contributed by atoms with Gasteiger partial charge in [0.1, 0.15) is 0 Å². The molecular formula is C20H32N2O2. The summed E-state index contributed by atoms with van der Waals surface area (Å²) in [6.07, 6.45) is 14.0. The van der Waals surface area contributed by atoms with Gasteiger partial charge in [-0.25, -0.2) is 0 Å². The Morgan fingerprint density at radius 3 is 1.83 bits per heavy atom. The standard InChI is InChI=1S/C20H32N2O2/c23-19(15-11-12-15)21-13-5-6-16(14-21)20(24)22(17-7-1-2-8-17)18-9-3-4-10-18/h15-18H,1-14H2. The van der Waals surface area contributed by atoms with Gasteiger partial charge in [0.15, 0.2) is 0 Å². The lowest BCUT2D eigenvalue weighted by atomic mass is 9.94. The van der Waals surface area contributed by atoms with Crippen molar-refractivity contribution in [1.82, 2.24) is 9.80 Å². The van der Waals surface area contributed by atoms with E-state index in [1.54, 1.807) is 0 Å². The molecule has 1 unspecified atom stereocenters. The number of likely N-dealkylation sites (tertiary alicyclic amines) is 1. The summed E-state index contributed by atoms with van der Waals surface area (Å²) in [6.45, 7) is 1.55. The number of amides is 2. The number of carbonyl (C=O) groups excluding carboxylic acids is 2. The maximum atomic E-state index is 13.4.